The fourth-order valence-electron chi connectivity index (χ4n) is 2.65. The normalized spacial score (nSPS) is 21.2. The van der Waals surface area contributed by atoms with Gasteiger partial charge in [0.25, 0.3) is 0 Å². The molecule has 0 saturated carbocycles. The predicted octanol–water partition coefficient (Wildman–Crippen LogP) is 1.32. The van der Waals surface area contributed by atoms with E-state index in [4.69, 9.17) is 0 Å². The van der Waals surface area contributed by atoms with Gasteiger partial charge in [0.1, 0.15) is 5.69 Å². The molecule has 2 amide bonds. The lowest BCUT2D eigenvalue weighted by Crippen LogP contribution is -2.44. The SMILES string of the molecule is CC1CC(C(=O)Nc2cn[nH]c2-c2ccccn2)CC(=O)N1. The van der Waals surface area contributed by atoms with Crippen molar-refractivity contribution in [1.29, 1.82) is 0 Å². The van der Waals surface area contributed by atoms with Crippen molar-refractivity contribution in [1.82, 2.24) is 20.5 Å². The fourth-order valence-corrected chi connectivity index (χ4v) is 2.65. The minimum Gasteiger partial charge on any atom is -0.354 e. The zero-order valence-electron chi connectivity index (χ0n) is 12.2. The molecule has 3 N–H and O–H groups in total. The summed E-state index contributed by atoms with van der Waals surface area (Å²) in [5.74, 6) is -0.577. The molecule has 1 aliphatic rings. The molecule has 0 bridgehead atoms. The number of pyridine rings is 1. The maximum atomic E-state index is 12.4. The summed E-state index contributed by atoms with van der Waals surface area (Å²) < 4.78 is 0. The Morgan fingerprint density at radius 3 is 3.00 bits per heavy atom. The molecule has 3 rings (SSSR count). The van der Waals surface area contributed by atoms with E-state index in [1.807, 2.05) is 25.1 Å². The summed E-state index contributed by atoms with van der Waals surface area (Å²) in [5, 5.41) is 12.5. The van der Waals surface area contributed by atoms with Gasteiger partial charge in [0.15, 0.2) is 0 Å². The summed E-state index contributed by atoms with van der Waals surface area (Å²) in [5.41, 5.74) is 1.93. The van der Waals surface area contributed by atoms with Crippen LogP contribution in [-0.2, 0) is 9.59 Å². The van der Waals surface area contributed by atoms with Crippen molar-refractivity contribution in [3.63, 3.8) is 0 Å². The maximum absolute atomic E-state index is 12.4. The van der Waals surface area contributed by atoms with Crippen LogP contribution in [-0.4, -0.2) is 33.0 Å². The Morgan fingerprint density at radius 1 is 1.41 bits per heavy atom. The van der Waals surface area contributed by atoms with Gasteiger partial charge in [0, 0.05) is 24.6 Å². The van der Waals surface area contributed by atoms with Crippen molar-refractivity contribution in [3.8, 4) is 11.4 Å². The molecule has 2 unspecified atom stereocenters. The Hall–Kier alpha value is -2.70. The highest BCUT2D eigenvalue weighted by molar-refractivity contribution is 5.98. The van der Waals surface area contributed by atoms with Crippen LogP contribution in [0.3, 0.4) is 0 Å². The van der Waals surface area contributed by atoms with Crippen LogP contribution in [0.4, 0.5) is 5.69 Å². The fraction of sp³-hybridized carbons (Fsp3) is 0.333. The molecular formula is C15H17N5O2. The van der Waals surface area contributed by atoms with Crippen molar-refractivity contribution < 1.29 is 9.59 Å². The summed E-state index contributed by atoms with van der Waals surface area (Å²) in [7, 11) is 0. The molecule has 1 aliphatic heterocycles. The number of aromatic amines is 1. The Kier molecular flexibility index (Phi) is 3.86. The third-order valence-corrected chi connectivity index (χ3v) is 3.67. The first kappa shape index (κ1) is 14.2. The second kappa shape index (κ2) is 5.97. The van der Waals surface area contributed by atoms with E-state index in [1.165, 1.54) is 0 Å². The first-order valence-corrected chi connectivity index (χ1v) is 7.18. The van der Waals surface area contributed by atoms with E-state index in [-0.39, 0.29) is 30.2 Å². The highest BCUT2D eigenvalue weighted by Gasteiger charge is 2.29. The molecule has 0 spiro atoms. The zero-order valence-corrected chi connectivity index (χ0v) is 12.2. The average Bonchev–Trinajstić information content (AvgIpc) is 2.95. The van der Waals surface area contributed by atoms with Crippen molar-refractivity contribution in [2.45, 2.75) is 25.8 Å². The van der Waals surface area contributed by atoms with Crippen LogP contribution in [0.25, 0.3) is 11.4 Å². The number of aromatic nitrogens is 3. The standard InChI is InChI=1S/C15H17N5O2/c1-9-6-10(7-13(21)18-9)15(22)19-12-8-17-20-14(12)11-4-2-3-5-16-11/h2-5,8-10H,6-7H2,1H3,(H,17,20)(H,18,21)(H,19,22). The van der Waals surface area contributed by atoms with Gasteiger partial charge in [-0.2, -0.15) is 5.10 Å². The number of carbonyl (C=O) groups is 2. The number of hydrogen-bond acceptors (Lipinski definition) is 4. The number of nitrogens with zero attached hydrogens (tertiary/aromatic N) is 2. The number of carbonyl (C=O) groups excluding carboxylic acids is 2. The quantitative estimate of drug-likeness (QED) is 0.796. The number of H-pyrrole nitrogens is 1. The van der Waals surface area contributed by atoms with Crippen LogP contribution in [0, 0.1) is 5.92 Å². The monoisotopic (exact) mass is 299 g/mol. The third-order valence-electron chi connectivity index (χ3n) is 3.67. The topological polar surface area (TPSA) is 99.8 Å². The smallest absolute Gasteiger partial charge is 0.228 e. The van der Waals surface area contributed by atoms with Gasteiger partial charge in [-0.25, -0.2) is 0 Å². The molecule has 1 fully saturated rings. The van der Waals surface area contributed by atoms with Crippen LogP contribution in [0.15, 0.2) is 30.6 Å². The van der Waals surface area contributed by atoms with Gasteiger partial charge in [-0.3, -0.25) is 19.7 Å². The number of piperidine rings is 1. The number of nitrogens with one attached hydrogen (secondary N) is 3. The summed E-state index contributed by atoms with van der Waals surface area (Å²) in [6, 6.07) is 5.53. The molecule has 7 nitrogen and oxygen atoms in total. The molecule has 3 heterocycles. The van der Waals surface area contributed by atoms with Crippen molar-refractivity contribution in [2.75, 3.05) is 5.32 Å². The maximum Gasteiger partial charge on any atom is 0.228 e. The molecule has 2 atom stereocenters. The first-order chi connectivity index (χ1) is 10.6. The van der Waals surface area contributed by atoms with E-state index >= 15 is 0 Å². The van der Waals surface area contributed by atoms with Gasteiger partial charge in [-0.15, -0.1) is 0 Å². The Balaban J connectivity index is 1.75. The minimum atomic E-state index is -0.324. The minimum absolute atomic E-state index is 0.0108. The second-order valence-corrected chi connectivity index (χ2v) is 5.47. The Labute approximate surface area is 127 Å². The van der Waals surface area contributed by atoms with E-state index in [2.05, 4.69) is 25.8 Å². The molecule has 2 aromatic heterocycles. The number of anilines is 1. The average molecular weight is 299 g/mol. The molecule has 22 heavy (non-hydrogen) atoms. The van der Waals surface area contributed by atoms with Gasteiger partial charge in [0.05, 0.1) is 17.6 Å². The number of rotatable bonds is 3. The molecule has 1 saturated heterocycles. The van der Waals surface area contributed by atoms with Crippen LogP contribution in [0.1, 0.15) is 19.8 Å². The van der Waals surface area contributed by atoms with Gasteiger partial charge >= 0.3 is 0 Å². The van der Waals surface area contributed by atoms with Crippen LogP contribution < -0.4 is 10.6 Å². The molecule has 0 radical (unpaired) electrons. The van der Waals surface area contributed by atoms with Crippen molar-refractivity contribution in [3.05, 3.63) is 30.6 Å². The van der Waals surface area contributed by atoms with E-state index in [0.717, 1.165) is 0 Å². The lowest BCUT2D eigenvalue weighted by molar-refractivity contribution is -0.130. The molecule has 2 aromatic rings. The predicted molar refractivity (Wildman–Crippen MR) is 80.8 cm³/mol. The molecule has 0 aliphatic carbocycles. The largest absolute Gasteiger partial charge is 0.354 e. The molecule has 0 aromatic carbocycles. The Bertz CT molecular complexity index is 682. The van der Waals surface area contributed by atoms with Gasteiger partial charge < -0.3 is 10.6 Å². The highest BCUT2D eigenvalue weighted by atomic mass is 16.2. The second-order valence-electron chi connectivity index (χ2n) is 5.47. The van der Waals surface area contributed by atoms with Crippen LogP contribution >= 0.6 is 0 Å². The van der Waals surface area contributed by atoms with Crippen molar-refractivity contribution >= 4 is 17.5 Å². The van der Waals surface area contributed by atoms with E-state index in [1.54, 1.807) is 12.4 Å². The lowest BCUT2D eigenvalue weighted by Gasteiger charge is -2.26. The summed E-state index contributed by atoms with van der Waals surface area (Å²) in [6.07, 6.45) is 4.07. The van der Waals surface area contributed by atoms with E-state index < -0.39 is 0 Å². The Morgan fingerprint density at radius 2 is 2.27 bits per heavy atom. The van der Waals surface area contributed by atoms with Gasteiger partial charge in [-0.05, 0) is 25.5 Å². The van der Waals surface area contributed by atoms with E-state index in [0.29, 0.717) is 23.5 Å². The summed E-state index contributed by atoms with van der Waals surface area (Å²) >= 11 is 0. The van der Waals surface area contributed by atoms with Crippen LogP contribution in [0.5, 0.6) is 0 Å². The van der Waals surface area contributed by atoms with Crippen molar-refractivity contribution in [2.24, 2.45) is 5.92 Å². The number of amides is 2. The highest BCUT2D eigenvalue weighted by Crippen LogP contribution is 2.25. The number of hydrogen-bond donors (Lipinski definition) is 3. The zero-order chi connectivity index (χ0) is 15.5. The van der Waals surface area contributed by atoms with Gasteiger partial charge in [0.2, 0.25) is 11.8 Å². The molecule has 7 heteroatoms. The first-order valence-electron chi connectivity index (χ1n) is 7.18. The lowest BCUT2D eigenvalue weighted by atomic mass is 9.92. The molecule has 114 valence electrons. The summed E-state index contributed by atoms with van der Waals surface area (Å²) in [6.45, 7) is 1.90. The molecular weight excluding hydrogens is 282 g/mol. The van der Waals surface area contributed by atoms with Gasteiger partial charge in [-0.1, -0.05) is 6.07 Å². The summed E-state index contributed by atoms with van der Waals surface area (Å²) in [4.78, 5) is 28.2. The van der Waals surface area contributed by atoms with Crippen LogP contribution in [0.2, 0.25) is 0 Å². The van der Waals surface area contributed by atoms with E-state index in [9.17, 15) is 9.59 Å². The third kappa shape index (κ3) is 2.98.